The highest BCUT2D eigenvalue weighted by atomic mass is 15.3. The lowest BCUT2D eigenvalue weighted by Gasteiger charge is -2.39. The number of fused-ring (bicyclic) bond motifs is 2. The third-order valence-electron chi connectivity index (χ3n) is 4.92. The monoisotopic (exact) mass is 249 g/mol. The highest BCUT2D eigenvalue weighted by Crippen LogP contribution is 2.41. The summed E-state index contributed by atoms with van der Waals surface area (Å²) in [5, 5.41) is 0. The van der Waals surface area contributed by atoms with Crippen LogP contribution in [0.3, 0.4) is 0 Å². The molecular weight excluding hydrogens is 226 g/mol. The molecule has 2 fully saturated rings. The molecule has 1 aromatic rings. The number of piperidine rings is 1. The van der Waals surface area contributed by atoms with Crippen molar-refractivity contribution in [3.05, 3.63) is 18.2 Å². The number of nitrogens with zero attached hydrogens (tertiary/aromatic N) is 3. The lowest BCUT2D eigenvalue weighted by Crippen LogP contribution is -2.45. The van der Waals surface area contributed by atoms with Crippen molar-refractivity contribution in [1.82, 2.24) is 19.9 Å². The molecule has 5 heteroatoms. The van der Waals surface area contributed by atoms with Gasteiger partial charge in [-0.2, -0.15) is 0 Å². The Hall–Kier alpha value is -0.910. The quantitative estimate of drug-likeness (QED) is 0.614. The first-order chi connectivity index (χ1) is 8.70. The number of hydrogen-bond donors (Lipinski definition) is 2. The second kappa shape index (κ2) is 4.64. The van der Waals surface area contributed by atoms with E-state index in [-0.39, 0.29) is 6.04 Å². The summed E-state index contributed by atoms with van der Waals surface area (Å²) in [4.78, 5) is 7.02. The average molecular weight is 249 g/mol. The van der Waals surface area contributed by atoms with E-state index < -0.39 is 0 Å². The number of imidazole rings is 1. The summed E-state index contributed by atoms with van der Waals surface area (Å²) in [6.07, 6.45) is 8.99. The van der Waals surface area contributed by atoms with Gasteiger partial charge >= 0.3 is 0 Å². The van der Waals surface area contributed by atoms with E-state index in [4.69, 9.17) is 5.84 Å². The molecule has 2 aliphatic rings. The number of hydrogen-bond acceptors (Lipinski definition) is 4. The van der Waals surface area contributed by atoms with Gasteiger partial charge in [0, 0.05) is 31.5 Å². The molecule has 2 bridgehead atoms. The maximum atomic E-state index is 5.79. The highest BCUT2D eigenvalue weighted by Gasteiger charge is 2.41. The zero-order valence-electron chi connectivity index (χ0n) is 11.2. The standard InChI is InChI=1S/C13H23N5/c1-17-6-5-15-13(17)12(16-14)9-7-10-3-4-11(8-9)18(10)2/h5-6,9-12,16H,3-4,7-8,14H2,1-2H3. The Morgan fingerprint density at radius 3 is 2.50 bits per heavy atom. The molecule has 18 heavy (non-hydrogen) atoms. The predicted octanol–water partition coefficient (Wildman–Crippen LogP) is 0.797. The molecule has 0 aromatic carbocycles. The van der Waals surface area contributed by atoms with E-state index in [2.05, 4.69) is 26.9 Å². The lowest BCUT2D eigenvalue weighted by molar-refractivity contribution is 0.110. The molecule has 100 valence electrons. The fourth-order valence-corrected chi connectivity index (χ4v) is 3.82. The van der Waals surface area contributed by atoms with Crippen molar-refractivity contribution in [3.8, 4) is 0 Å². The molecule has 0 spiro atoms. The van der Waals surface area contributed by atoms with Gasteiger partial charge in [0.1, 0.15) is 5.82 Å². The van der Waals surface area contributed by atoms with Crippen LogP contribution in [0.15, 0.2) is 12.4 Å². The van der Waals surface area contributed by atoms with Gasteiger partial charge in [-0.25, -0.2) is 10.4 Å². The van der Waals surface area contributed by atoms with E-state index in [1.165, 1.54) is 25.7 Å². The van der Waals surface area contributed by atoms with Crippen LogP contribution in [0.2, 0.25) is 0 Å². The van der Waals surface area contributed by atoms with Crippen LogP contribution in [-0.4, -0.2) is 33.6 Å². The SMILES string of the molecule is CN1C2CCC1CC(C(NN)c1nccn1C)C2. The smallest absolute Gasteiger partial charge is 0.127 e. The van der Waals surface area contributed by atoms with Gasteiger partial charge in [0.2, 0.25) is 0 Å². The molecule has 5 nitrogen and oxygen atoms in total. The van der Waals surface area contributed by atoms with E-state index >= 15 is 0 Å². The first-order valence-corrected chi connectivity index (χ1v) is 6.86. The molecule has 0 radical (unpaired) electrons. The third-order valence-corrected chi connectivity index (χ3v) is 4.92. The van der Waals surface area contributed by atoms with Gasteiger partial charge in [-0.1, -0.05) is 0 Å². The van der Waals surface area contributed by atoms with Crippen LogP contribution in [0.4, 0.5) is 0 Å². The molecule has 3 N–H and O–H groups in total. The summed E-state index contributed by atoms with van der Waals surface area (Å²) < 4.78 is 2.07. The highest BCUT2D eigenvalue weighted by molar-refractivity contribution is 5.05. The molecule has 1 aromatic heterocycles. The predicted molar refractivity (Wildman–Crippen MR) is 70.6 cm³/mol. The average Bonchev–Trinajstić information content (AvgIpc) is 2.84. The number of aromatic nitrogens is 2. The molecular formula is C13H23N5. The van der Waals surface area contributed by atoms with Crippen molar-refractivity contribution >= 4 is 0 Å². The van der Waals surface area contributed by atoms with E-state index in [0.717, 1.165) is 17.9 Å². The fraction of sp³-hybridized carbons (Fsp3) is 0.769. The van der Waals surface area contributed by atoms with Crippen LogP contribution in [0.1, 0.15) is 37.5 Å². The Labute approximate surface area is 108 Å². The second-order valence-electron chi connectivity index (χ2n) is 5.82. The number of aryl methyl sites for hydroxylation is 1. The van der Waals surface area contributed by atoms with Gasteiger partial charge in [-0.15, -0.1) is 0 Å². The fourth-order valence-electron chi connectivity index (χ4n) is 3.82. The molecule has 3 rings (SSSR count). The van der Waals surface area contributed by atoms with Gasteiger partial charge in [0.15, 0.2) is 0 Å². The summed E-state index contributed by atoms with van der Waals surface area (Å²) in [6.45, 7) is 0. The Balaban J connectivity index is 1.80. The Kier molecular flexibility index (Phi) is 3.13. The zero-order valence-corrected chi connectivity index (χ0v) is 11.2. The van der Waals surface area contributed by atoms with E-state index in [1.54, 1.807) is 0 Å². The van der Waals surface area contributed by atoms with Crippen molar-refractivity contribution < 1.29 is 0 Å². The van der Waals surface area contributed by atoms with Crippen molar-refractivity contribution in [2.24, 2.45) is 18.8 Å². The van der Waals surface area contributed by atoms with Gasteiger partial charge in [-0.05, 0) is 38.6 Å². The van der Waals surface area contributed by atoms with Gasteiger partial charge < -0.3 is 9.47 Å². The van der Waals surface area contributed by atoms with E-state index in [1.807, 2.05) is 19.4 Å². The summed E-state index contributed by atoms with van der Waals surface area (Å²) in [5.41, 5.74) is 3.00. The van der Waals surface area contributed by atoms with Crippen LogP contribution in [-0.2, 0) is 7.05 Å². The summed E-state index contributed by atoms with van der Waals surface area (Å²) in [6, 6.07) is 1.66. The first kappa shape index (κ1) is 12.1. The Morgan fingerprint density at radius 1 is 1.33 bits per heavy atom. The second-order valence-corrected chi connectivity index (χ2v) is 5.82. The summed E-state index contributed by atoms with van der Waals surface area (Å²) in [5.74, 6) is 7.46. The normalized spacial score (nSPS) is 33.8. The van der Waals surface area contributed by atoms with Crippen LogP contribution in [0, 0.1) is 5.92 Å². The van der Waals surface area contributed by atoms with Crippen molar-refractivity contribution in [1.29, 1.82) is 0 Å². The van der Waals surface area contributed by atoms with Crippen molar-refractivity contribution in [2.75, 3.05) is 7.05 Å². The van der Waals surface area contributed by atoms with Gasteiger partial charge in [0.25, 0.3) is 0 Å². The summed E-state index contributed by atoms with van der Waals surface area (Å²) in [7, 11) is 4.31. The van der Waals surface area contributed by atoms with Crippen LogP contribution in [0.5, 0.6) is 0 Å². The van der Waals surface area contributed by atoms with Crippen LogP contribution < -0.4 is 11.3 Å². The summed E-state index contributed by atoms with van der Waals surface area (Å²) >= 11 is 0. The first-order valence-electron chi connectivity index (χ1n) is 6.86. The van der Waals surface area contributed by atoms with E-state index in [0.29, 0.717) is 5.92 Å². The maximum Gasteiger partial charge on any atom is 0.127 e. The minimum Gasteiger partial charge on any atom is -0.337 e. The molecule has 2 saturated heterocycles. The Morgan fingerprint density at radius 2 is 2.00 bits per heavy atom. The van der Waals surface area contributed by atoms with Crippen molar-refractivity contribution in [3.63, 3.8) is 0 Å². The zero-order chi connectivity index (χ0) is 12.7. The number of nitrogens with one attached hydrogen (secondary N) is 1. The number of hydrazine groups is 1. The molecule has 0 saturated carbocycles. The number of rotatable bonds is 3. The lowest BCUT2D eigenvalue weighted by atomic mass is 9.85. The molecule has 0 amide bonds. The minimum atomic E-state index is 0.182. The van der Waals surface area contributed by atoms with Gasteiger partial charge in [0.05, 0.1) is 6.04 Å². The number of nitrogens with two attached hydrogens (primary N) is 1. The van der Waals surface area contributed by atoms with E-state index in [9.17, 15) is 0 Å². The minimum absolute atomic E-state index is 0.182. The third kappa shape index (κ3) is 1.86. The topological polar surface area (TPSA) is 59.1 Å². The Bertz CT molecular complexity index is 401. The largest absolute Gasteiger partial charge is 0.337 e. The molecule has 3 unspecified atom stereocenters. The van der Waals surface area contributed by atoms with Crippen LogP contribution >= 0.6 is 0 Å². The molecule has 3 heterocycles. The maximum absolute atomic E-state index is 5.79. The molecule has 3 atom stereocenters. The van der Waals surface area contributed by atoms with Crippen molar-refractivity contribution in [2.45, 2.75) is 43.8 Å². The van der Waals surface area contributed by atoms with Gasteiger partial charge in [-0.3, -0.25) is 5.84 Å². The molecule has 2 aliphatic heterocycles. The van der Waals surface area contributed by atoms with Crippen LogP contribution in [0.25, 0.3) is 0 Å². The molecule has 0 aliphatic carbocycles.